The molecule has 1 heterocycles. The van der Waals surface area contributed by atoms with E-state index in [0.717, 1.165) is 19.3 Å². The molecule has 1 aliphatic carbocycles. The van der Waals surface area contributed by atoms with Gasteiger partial charge in [-0.3, -0.25) is 14.5 Å². The first-order valence-electron chi connectivity index (χ1n) is 13.1. The van der Waals surface area contributed by atoms with Crippen molar-refractivity contribution >= 4 is 17.8 Å². The monoisotopic (exact) mass is 505 g/mol. The van der Waals surface area contributed by atoms with Gasteiger partial charge >= 0.3 is 12.1 Å². The van der Waals surface area contributed by atoms with Crippen LogP contribution in [0.4, 0.5) is 4.79 Å². The fourth-order valence-electron chi connectivity index (χ4n) is 4.48. The van der Waals surface area contributed by atoms with E-state index in [1.165, 1.54) is 0 Å². The maximum absolute atomic E-state index is 13.4. The quantitative estimate of drug-likeness (QED) is 0.228. The van der Waals surface area contributed by atoms with Crippen LogP contribution in [0.5, 0.6) is 0 Å². The second-order valence-corrected chi connectivity index (χ2v) is 13.1. The number of nitrogens with zero attached hydrogens (tertiary/aromatic N) is 1. The largest absolute Gasteiger partial charge is 0.464 e. The number of unbranched alkanes of at least 4 members (excludes halogenated alkanes) is 2. The van der Waals surface area contributed by atoms with Crippen LogP contribution in [-0.2, 0) is 23.8 Å². The molecule has 0 unspecified atom stereocenters. The third-order valence-electron chi connectivity index (χ3n) is 6.29. The van der Waals surface area contributed by atoms with Crippen LogP contribution in [0.2, 0.25) is 0 Å². The van der Waals surface area contributed by atoms with E-state index in [2.05, 4.69) is 6.08 Å². The summed E-state index contributed by atoms with van der Waals surface area (Å²) in [5, 5.41) is 0. The Kier molecular flexibility index (Phi) is 9.60. The lowest BCUT2D eigenvalue weighted by molar-refractivity contribution is -0.156. The van der Waals surface area contributed by atoms with Crippen LogP contribution in [0.15, 0.2) is 24.3 Å². The zero-order valence-corrected chi connectivity index (χ0v) is 23.8. The molecule has 0 aromatic carbocycles. The van der Waals surface area contributed by atoms with E-state index < -0.39 is 28.6 Å². The highest BCUT2D eigenvalue weighted by Crippen LogP contribution is 2.47. The Morgan fingerprint density at radius 1 is 1.06 bits per heavy atom. The zero-order valence-electron chi connectivity index (χ0n) is 23.8. The number of fused-ring (bicyclic) bond motifs is 1. The van der Waals surface area contributed by atoms with Crippen LogP contribution in [0, 0.1) is 10.8 Å². The SMILES string of the molecule is CC(C)(C)OCCCC/C=C/[C@H]1C[C@]2(COC(=O)C(C)(C)C)C=CC(=O)C[C@@H]2N1C(=O)OC(C)(C)C. The minimum absolute atomic E-state index is 0.0465. The highest BCUT2D eigenvalue weighted by Gasteiger charge is 2.55. The Bertz CT molecular complexity index is 854. The predicted molar refractivity (Wildman–Crippen MR) is 141 cm³/mol. The average molecular weight is 506 g/mol. The molecule has 1 fully saturated rings. The summed E-state index contributed by atoms with van der Waals surface area (Å²) in [5.41, 5.74) is -2.09. The second kappa shape index (κ2) is 11.5. The van der Waals surface area contributed by atoms with Crippen molar-refractivity contribution < 1.29 is 28.6 Å². The topological polar surface area (TPSA) is 82.1 Å². The van der Waals surface area contributed by atoms with Crippen molar-refractivity contribution in [2.24, 2.45) is 10.8 Å². The van der Waals surface area contributed by atoms with Crippen LogP contribution in [-0.4, -0.2) is 59.2 Å². The van der Waals surface area contributed by atoms with Crippen LogP contribution >= 0.6 is 0 Å². The number of hydrogen-bond donors (Lipinski definition) is 0. The predicted octanol–water partition coefficient (Wildman–Crippen LogP) is 6.01. The molecular weight excluding hydrogens is 458 g/mol. The number of likely N-dealkylation sites (tertiary alicyclic amines) is 1. The van der Waals surface area contributed by atoms with Gasteiger partial charge in [0.1, 0.15) is 12.2 Å². The molecule has 1 aliphatic heterocycles. The van der Waals surface area contributed by atoms with Gasteiger partial charge in [-0.2, -0.15) is 0 Å². The average Bonchev–Trinajstić information content (AvgIpc) is 3.02. The summed E-state index contributed by atoms with van der Waals surface area (Å²) in [5.74, 6) is -0.351. The number of rotatable bonds is 8. The van der Waals surface area contributed by atoms with Crippen molar-refractivity contribution in [3.8, 4) is 0 Å². The Balaban J connectivity index is 2.22. The van der Waals surface area contributed by atoms with Crippen LogP contribution in [0.25, 0.3) is 0 Å². The molecule has 0 bridgehead atoms. The lowest BCUT2D eigenvalue weighted by Gasteiger charge is -2.38. The summed E-state index contributed by atoms with van der Waals surface area (Å²) in [6.07, 6.45) is 10.6. The number of allylic oxidation sites excluding steroid dienone is 2. The van der Waals surface area contributed by atoms with Gasteiger partial charge in [-0.1, -0.05) is 18.2 Å². The normalized spacial score (nSPS) is 24.8. The minimum Gasteiger partial charge on any atom is -0.464 e. The van der Waals surface area contributed by atoms with Crippen LogP contribution in [0.3, 0.4) is 0 Å². The molecule has 0 N–H and O–H groups in total. The lowest BCUT2D eigenvalue weighted by atomic mass is 9.74. The molecule has 0 radical (unpaired) electrons. The standard InChI is InChI=1S/C29H47NO6/c1-26(2,3)24(32)34-20-29-16-15-22(31)18-23(29)30(25(33)36-28(7,8)9)21(19-29)14-12-10-11-13-17-35-27(4,5)6/h12,14-16,21,23H,10-11,13,17-20H2,1-9H3/b14-12+/t21-,23-,29-/m0/s1. The zero-order chi connectivity index (χ0) is 27.4. The van der Waals surface area contributed by atoms with Gasteiger partial charge in [-0.05, 0) is 94.1 Å². The molecule has 2 rings (SSSR count). The molecule has 7 heteroatoms. The maximum Gasteiger partial charge on any atom is 0.411 e. The molecule has 204 valence electrons. The van der Waals surface area contributed by atoms with Crippen molar-refractivity contribution in [3.05, 3.63) is 24.3 Å². The van der Waals surface area contributed by atoms with Crippen molar-refractivity contribution in [1.29, 1.82) is 0 Å². The van der Waals surface area contributed by atoms with E-state index >= 15 is 0 Å². The molecule has 0 spiro atoms. The maximum atomic E-state index is 13.4. The van der Waals surface area contributed by atoms with E-state index in [4.69, 9.17) is 14.2 Å². The van der Waals surface area contributed by atoms with Gasteiger partial charge in [0, 0.05) is 18.4 Å². The molecular formula is C29H47NO6. The fourth-order valence-corrected chi connectivity index (χ4v) is 4.48. The highest BCUT2D eigenvalue weighted by molar-refractivity contribution is 5.92. The molecule has 1 saturated heterocycles. The minimum atomic E-state index is -0.670. The lowest BCUT2D eigenvalue weighted by Crippen LogP contribution is -2.50. The Hall–Kier alpha value is -2.15. The fraction of sp³-hybridized carbons (Fsp3) is 0.759. The molecule has 36 heavy (non-hydrogen) atoms. The summed E-state index contributed by atoms with van der Waals surface area (Å²) in [6, 6.07) is -0.702. The molecule has 0 saturated carbocycles. The molecule has 0 aromatic heterocycles. The number of esters is 1. The van der Waals surface area contributed by atoms with E-state index in [-0.39, 0.29) is 36.4 Å². The van der Waals surface area contributed by atoms with E-state index in [1.54, 1.807) is 11.0 Å². The number of carbonyl (C=O) groups excluding carboxylic acids is 3. The summed E-state index contributed by atoms with van der Waals surface area (Å²) in [6.45, 7) is 17.9. The van der Waals surface area contributed by atoms with Gasteiger partial charge in [-0.15, -0.1) is 0 Å². The molecule has 0 aromatic rings. The van der Waals surface area contributed by atoms with Gasteiger partial charge in [-0.25, -0.2) is 4.79 Å². The number of hydrogen-bond acceptors (Lipinski definition) is 6. The third kappa shape index (κ3) is 8.75. The van der Waals surface area contributed by atoms with E-state index in [9.17, 15) is 14.4 Å². The molecule has 3 atom stereocenters. The first-order valence-corrected chi connectivity index (χ1v) is 13.1. The smallest absolute Gasteiger partial charge is 0.411 e. The molecule has 7 nitrogen and oxygen atoms in total. The van der Waals surface area contributed by atoms with Crippen molar-refractivity contribution in [1.82, 2.24) is 4.90 Å². The van der Waals surface area contributed by atoms with E-state index in [1.807, 2.05) is 74.5 Å². The van der Waals surface area contributed by atoms with Crippen LogP contribution in [0.1, 0.15) is 94.4 Å². The van der Waals surface area contributed by atoms with Crippen LogP contribution < -0.4 is 0 Å². The summed E-state index contributed by atoms with van der Waals surface area (Å²) >= 11 is 0. The van der Waals surface area contributed by atoms with Crippen molar-refractivity contribution in [3.63, 3.8) is 0 Å². The summed E-state index contributed by atoms with van der Waals surface area (Å²) < 4.78 is 17.3. The number of ether oxygens (including phenoxy) is 3. The van der Waals surface area contributed by atoms with Gasteiger partial charge in [0.2, 0.25) is 0 Å². The Labute approximate surface area is 217 Å². The molecule has 2 aliphatic rings. The second-order valence-electron chi connectivity index (χ2n) is 13.1. The van der Waals surface area contributed by atoms with Gasteiger partial charge < -0.3 is 14.2 Å². The Morgan fingerprint density at radius 2 is 1.72 bits per heavy atom. The number of amides is 1. The van der Waals surface area contributed by atoms with E-state index in [0.29, 0.717) is 13.0 Å². The highest BCUT2D eigenvalue weighted by atomic mass is 16.6. The molecule has 1 amide bonds. The summed E-state index contributed by atoms with van der Waals surface area (Å²) in [4.78, 5) is 40.0. The van der Waals surface area contributed by atoms with Gasteiger partial charge in [0.05, 0.1) is 23.1 Å². The number of carbonyl (C=O) groups is 3. The third-order valence-corrected chi connectivity index (χ3v) is 6.29. The first-order chi connectivity index (χ1) is 16.4. The van der Waals surface area contributed by atoms with Crippen molar-refractivity contribution in [2.45, 2.75) is 118 Å². The van der Waals surface area contributed by atoms with Gasteiger partial charge in [0.15, 0.2) is 5.78 Å². The Morgan fingerprint density at radius 3 is 2.31 bits per heavy atom. The number of ketones is 1. The van der Waals surface area contributed by atoms with Crippen molar-refractivity contribution in [2.75, 3.05) is 13.2 Å². The summed E-state index contributed by atoms with van der Waals surface area (Å²) in [7, 11) is 0. The van der Waals surface area contributed by atoms with Gasteiger partial charge in [0.25, 0.3) is 0 Å². The first kappa shape index (κ1) is 30.1.